The molecule has 17 heavy (non-hydrogen) atoms. The van der Waals surface area contributed by atoms with E-state index in [0.717, 1.165) is 18.1 Å². The van der Waals surface area contributed by atoms with Crippen LogP contribution >= 0.6 is 11.3 Å². The largest absolute Gasteiger partial charge is 0.310 e. The standard InChI is InChI=1S/C13H25N3S/c1-9(2)12(16(5)6)7-14-8-13-10(3)15-11(4)17-13/h9,12,14H,7-8H2,1-6H3. The quantitative estimate of drug-likeness (QED) is 0.846. The van der Waals surface area contributed by atoms with Gasteiger partial charge < -0.3 is 10.2 Å². The predicted molar refractivity (Wildman–Crippen MR) is 75.6 cm³/mol. The zero-order valence-corrected chi connectivity index (χ0v) is 12.7. The summed E-state index contributed by atoms with van der Waals surface area (Å²) in [4.78, 5) is 8.11. The fourth-order valence-electron chi connectivity index (χ4n) is 2.09. The van der Waals surface area contributed by atoms with Crippen molar-refractivity contribution in [3.05, 3.63) is 15.6 Å². The molecule has 1 rings (SSSR count). The molecule has 1 aromatic rings. The predicted octanol–water partition coefficient (Wildman–Crippen LogP) is 2.44. The van der Waals surface area contributed by atoms with Gasteiger partial charge in [0, 0.05) is 24.0 Å². The van der Waals surface area contributed by atoms with Crippen LogP contribution in [0.1, 0.15) is 29.4 Å². The van der Waals surface area contributed by atoms with Gasteiger partial charge in [0.1, 0.15) is 0 Å². The van der Waals surface area contributed by atoms with E-state index in [1.165, 1.54) is 10.6 Å². The summed E-state index contributed by atoms with van der Waals surface area (Å²) in [5.74, 6) is 0.668. The van der Waals surface area contributed by atoms with Gasteiger partial charge in [0.15, 0.2) is 0 Å². The molecule has 1 unspecified atom stereocenters. The first kappa shape index (κ1) is 14.6. The Bertz CT molecular complexity index is 336. The third-order valence-electron chi connectivity index (χ3n) is 3.07. The summed E-state index contributed by atoms with van der Waals surface area (Å²) in [6.07, 6.45) is 0. The Morgan fingerprint density at radius 2 is 1.94 bits per heavy atom. The molecule has 0 saturated carbocycles. The molecule has 0 aliphatic heterocycles. The van der Waals surface area contributed by atoms with Crippen LogP contribution in [0.2, 0.25) is 0 Å². The van der Waals surface area contributed by atoms with Crippen molar-refractivity contribution < 1.29 is 0 Å². The SMILES string of the molecule is Cc1nc(C)c(CNCC(C(C)C)N(C)C)s1. The summed E-state index contributed by atoms with van der Waals surface area (Å²) >= 11 is 1.80. The van der Waals surface area contributed by atoms with Gasteiger partial charge in [-0.1, -0.05) is 13.8 Å². The van der Waals surface area contributed by atoms with Crippen LogP contribution in [0.15, 0.2) is 0 Å². The molecule has 0 amide bonds. The molecule has 1 aromatic heterocycles. The van der Waals surface area contributed by atoms with Gasteiger partial charge in [-0.15, -0.1) is 11.3 Å². The van der Waals surface area contributed by atoms with E-state index < -0.39 is 0 Å². The summed E-state index contributed by atoms with van der Waals surface area (Å²) in [5.41, 5.74) is 1.17. The van der Waals surface area contributed by atoms with Gasteiger partial charge in [-0.3, -0.25) is 0 Å². The van der Waals surface area contributed by atoms with Gasteiger partial charge in [0.25, 0.3) is 0 Å². The van der Waals surface area contributed by atoms with Crippen molar-refractivity contribution in [3.63, 3.8) is 0 Å². The highest BCUT2D eigenvalue weighted by atomic mass is 32.1. The van der Waals surface area contributed by atoms with Crippen LogP contribution in [-0.2, 0) is 6.54 Å². The fourth-order valence-corrected chi connectivity index (χ4v) is 2.99. The molecule has 1 N–H and O–H groups in total. The molecule has 0 bridgehead atoms. The number of hydrogen-bond donors (Lipinski definition) is 1. The minimum atomic E-state index is 0.587. The number of aryl methyl sites for hydroxylation is 2. The number of rotatable bonds is 6. The second kappa shape index (κ2) is 6.47. The van der Waals surface area contributed by atoms with E-state index in [2.05, 4.69) is 57.0 Å². The highest BCUT2D eigenvalue weighted by Crippen LogP contribution is 2.16. The average Bonchev–Trinajstić information content (AvgIpc) is 2.51. The maximum Gasteiger partial charge on any atom is 0.0900 e. The molecule has 3 nitrogen and oxygen atoms in total. The van der Waals surface area contributed by atoms with E-state index in [9.17, 15) is 0 Å². The Balaban J connectivity index is 2.44. The van der Waals surface area contributed by atoms with Gasteiger partial charge >= 0.3 is 0 Å². The second-order valence-electron chi connectivity index (χ2n) is 5.15. The molecule has 1 heterocycles. The number of nitrogens with zero attached hydrogens (tertiary/aromatic N) is 2. The van der Waals surface area contributed by atoms with Crippen molar-refractivity contribution in [2.24, 2.45) is 5.92 Å². The lowest BCUT2D eigenvalue weighted by Gasteiger charge is -2.28. The molecular formula is C13H25N3S. The Morgan fingerprint density at radius 3 is 2.35 bits per heavy atom. The first-order chi connectivity index (χ1) is 7.91. The second-order valence-corrected chi connectivity index (χ2v) is 6.44. The summed E-state index contributed by atoms with van der Waals surface area (Å²) in [6.45, 7) is 10.7. The van der Waals surface area contributed by atoms with Crippen LogP contribution in [0.3, 0.4) is 0 Å². The lowest BCUT2D eigenvalue weighted by molar-refractivity contribution is 0.224. The van der Waals surface area contributed by atoms with E-state index >= 15 is 0 Å². The molecule has 0 spiro atoms. The maximum atomic E-state index is 4.45. The molecule has 0 aliphatic carbocycles. The Hall–Kier alpha value is -0.450. The van der Waals surface area contributed by atoms with Gasteiger partial charge in [-0.2, -0.15) is 0 Å². The van der Waals surface area contributed by atoms with Crippen LogP contribution in [-0.4, -0.2) is 36.6 Å². The van der Waals surface area contributed by atoms with Crippen LogP contribution in [0.4, 0.5) is 0 Å². The Labute approximate surface area is 109 Å². The summed E-state index contributed by atoms with van der Waals surface area (Å²) in [7, 11) is 4.29. The number of likely N-dealkylation sites (N-methyl/N-ethyl adjacent to an activating group) is 1. The lowest BCUT2D eigenvalue weighted by atomic mass is 10.0. The van der Waals surface area contributed by atoms with E-state index in [1.54, 1.807) is 11.3 Å². The van der Waals surface area contributed by atoms with E-state index in [1.807, 2.05) is 0 Å². The summed E-state index contributed by atoms with van der Waals surface area (Å²) < 4.78 is 0. The molecule has 0 saturated heterocycles. The van der Waals surface area contributed by atoms with Gasteiger partial charge in [0.2, 0.25) is 0 Å². The zero-order valence-electron chi connectivity index (χ0n) is 11.9. The molecule has 0 radical (unpaired) electrons. The minimum absolute atomic E-state index is 0.587. The minimum Gasteiger partial charge on any atom is -0.310 e. The molecular weight excluding hydrogens is 230 g/mol. The zero-order chi connectivity index (χ0) is 13.0. The first-order valence-electron chi connectivity index (χ1n) is 6.22. The van der Waals surface area contributed by atoms with Crippen LogP contribution in [0.25, 0.3) is 0 Å². The van der Waals surface area contributed by atoms with Crippen LogP contribution in [0.5, 0.6) is 0 Å². The molecule has 98 valence electrons. The van der Waals surface area contributed by atoms with Crippen LogP contribution < -0.4 is 5.32 Å². The maximum absolute atomic E-state index is 4.45. The third kappa shape index (κ3) is 4.37. The summed E-state index contributed by atoms with van der Waals surface area (Å²) in [6, 6.07) is 0.587. The van der Waals surface area contributed by atoms with E-state index in [0.29, 0.717) is 12.0 Å². The van der Waals surface area contributed by atoms with Gasteiger partial charge in [0.05, 0.1) is 10.7 Å². The first-order valence-corrected chi connectivity index (χ1v) is 7.03. The topological polar surface area (TPSA) is 28.2 Å². The third-order valence-corrected chi connectivity index (χ3v) is 4.14. The average molecular weight is 255 g/mol. The molecule has 0 aliphatic rings. The van der Waals surface area contributed by atoms with Crippen LogP contribution in [0, 0.1) is 19.8 Å². The Morgan fingerprint density at radius 1 is 1.29 bits per heavy atom. The monoisotopic (exact) mass is 255 g/mol. The van der Waals surface area contributed by atoms with Crippen molar-refractivity contribution in [1.29, 1.82) is 0 Å². The van der Waals surface area contributed by atoms with Crippen molar-refractivity contribution in [2.45, 2.75) is 40.3 Å². The van der Waals surface area contributed by atoms with Crippen molar-refractivity contribution in [2.75, 3.05) is 20.6 Å². The van der Waals surface area contributed by atoms with Crippen molar-refractivity contribution in [3.8, 4) is 0 Å². The molecule has 4 heteroatoms. The van der Waals surface area contributed by atoms with Gasteiger partial charge in [-0.25, -0.2) is 4.98 Å². The number of aromatic nitrogens is 1. The summed E-state index contributed by atoms with van der Waals surface area (Å²) in [5, 5.41) is 4.71. The van der Waals surface area contributed by atoms with Crippen molar-refractivity contribution in [1.82, 2.24) is 15.2 Å². The highest BCUT2D eigenvalue weighted by Gasteiger charge is 2.15. The lowest BCUT2D eigenvalue weighted by Crippen LogP contribution is -2.41. The molecule has 0 aromatic carbocycles. The van der Waals surface area contributed by atoms with Crippen molar-refractivity contribution >= 4 is 11.3 Å². The number of hydrogen-bond acceptors (Lipinski definition) is 4. The smallest absolute Gasteiger partial charge is 0.0900 e. The fraction of sp³-hybridized carbons (Fsp3) is 0.769. The van der Waals surface area contributed by atoms with E-state index in [-0.39, 0.29) is 0 Å². The highest BCUT2D eigenvalue weighted by molar-refractivity contribution is 7.11. The van der Waals surface area contributed by atoms with Gasteiger partial charge in [-0.05, 0) is 33.9 Å². The Kier molecular flexibility index (Phi) is 5.56. The number of nitrogens with one attached hydrogen (secondary N) is 1. The molecule has 0 fully saturated rings. The number of thiazole rings is 1. The normalized spacial score (nSPS) is 13.6. The van der Waals surface area contributed by atoms with E-state index in [4.69, 9.17) is 0 Å². The molecule has 1 atom stereocenters.